The topological polar surface area (TPSA) is 75.7 Å². The van der Waals surface area contributed by atoms with Crippen LogP contribution in [0.4, 0.5) is 0 Å². The van der Waals surface area contributed by atoms with E-state index in [1.165, 1.54) is 16.8 Å². The van der Waals surface area contributed by atoms with Gasteiger partial charge in [0.1, 0.15) is 0 Å². The van der Waals surface area contributed by atoms with Crippen LogP contribution in [0, 0.1) is 12.8 Å². The summed E-state index contributed by atoms with van der Waals surface area (Å²) in [4.78, 5) is 12.9. The lowest BCUT2D eigenvalue weighted by Gasteiger charge is -2.29. The van der Waals surface area contributed by atoms with Crippen molar-refractivity contribution in [3.63, 3.8) is 0 Å². The van der Waals surface area contributed by atoms with Gasteiger partial charge in [-0.3, -0.25) is 4.79 Å². The van der Waals surface area contributed by atoms with E-state index >= 15 is 0 Å². The van der Waals surface area contributed by atoms with Gasteiger partial charge < -0.3 is 10.1 Å². The molecule has 1 amide bonds. The Kier molecular flexibility index (Phi) is 5.99. The lowest BCUT2D eigenvalue weighted by atomic mass is 9.86. The number of sulfonamides is 1. The largest absolute Gasteiger partial charge is 0.379 e. The zero-order valence-electron chi connectivity index (χ0n) is 15.5. The first-order valence-corrected chi connectivity index (χ1v) is 10.8. The normalized spacial score (nSPS) is 25.0. The first kappa shape index (κ1) is 19.3. The number of aryl methyl sites for hydroxylation is 1. The second-order valence-electron chi connectivity index (χ2n) is 7.34. The van der Waals surface area contributed by atoms with Gasteiger partial charge in [-0.2, -0.15) is 4.31 Å². The van der Waals surface area contributed by atoms with Gasteiger partial charge in [-0.15, -0.1) is 0 Å². The molecule has 1 N–H and O–H groups in total. The van der Waals surface area contributed by atoms with Gasteiger partial charge in [0.2, 0.25) is 10.0 Å². The van der Waals surface area contributed by atoms with Crippen LogP contribution in [0.3, 0.4) is 0 Å². The third-order valence-electron chi connectivity index (χ3n) is 5.47. The number of nitrogens with zero attached hydrogens (tertiary/aromatic N) is 1. The summed E-state index contributed by atoms with van der Waals surface area (Å²) in [5, 5.41) is 3.10. The first-order chi connectivity index (χ1) is 12.4. The highest BCUT2D eigenvalue weighted by Gasteiger charge is 2.29. The first-order valence-electron chi connectivity index (χ1n) is 9.39. The van der Waals surface area contributed by atoms with Crippen molar-refractivity contribution in [2.75, 3.05) is 26.3 Å². The number of rotatable bonds is 4. The second-order valence-corrected chi connectivity index (χ2v) is 9.24. The van der Waals surface area contributed by atoms with E-state index in [1.807, 2.05) is 0 Å². The highest BCUT2D eigenvalue weighted by Crippen LogP contribution is 2.25. The molecule has 1 heterocycles. The summed E-state index contributed by atoms with van der Waals surface area (Å²) < 4.78 is 32.6. The molecule has 7 heteroatoms. The Morgan fingerprint density at radius 1 is 1.19 bits per heavy atom. The van der Waals surface area contributed by atoms with Crippen molar-refractivity contribution in [1.29, 1.82) is 0 Å². The molecule has 1 aromatic rings. The number of amides is 1. The molecule has 26 heavy (non-hydrogen) atoms. The van der Waals surface area contributed by atoms with Crippen LogP contribution < -0.4 is 5.32 Å². The highest BCUT2D eigenvalue weighted by atomic mass is 32.2. The maximum atomic E-state index is 13.0. The summed E-state index contributed by atoms with van der Waals surface area (Å²) in [6.45, 7) is 5.41. The highest BCUT2D eigenvalue weighted by molar-refractivity contribution is 7.89. The summed E-state index contributed by atoms with van der Waals surface area (Å²) in [7, 11) is -3.62. The summed E-state index contributed by atoms with van der Waals surface area (Å²) in [5.41, 5.74) is 1.05. The fourth-order valence-electron chi connectivity index (χ4n) is 3.73. The third kappa shape index (κ3) is 4.10. The molecule has 144 valence electrons. The molecule has 6 nitrogen and oxygen atoms in total. The van der Waals surface area contributed by atoms with E-state index in [2.05, 4.69) is 12.2 Å². The summed E-state index contributed by atoms with van der Waals surface area (Å²) in [5.74, 6) is 0.261. The minimum absolute atomic E-state index is 0.164. The maximum Gasteiger partial charge on any atom is 0.251 e. The van der Waals surface area contributed by atoms with Crippen molar-refractivity contribution < 1.29 is 17.9 Å². The molecule has 1 aromatic carbocycles. The van der Waals surface area contributed by atoms with Crippen LogP contribution in [-0.2, 0) is 14.8 Å². The smallest absolute Gasteiger partial charge is 0.251 e. The number of carbonyl (C=O) groups excluding carboxylic acids is 1. The van der Waals surface area contributed by atoms with E-state index in [0.29, 0.717) is 43.3 Å². The van der Waals surface area contributed by atoms with Crippen LogP contribution in [0.25, 0.3) is 0 Å². The Hall–Kier alpha value is -1.44. The lowest BCUT2D eigenvalue weighted by Crippen LogP contribution is -2.42. The van der Waals surface area contributed by atoms with E-state index in [4.69, 9.17) is 4.74 Å². The molecule has 0 unspecified atom stereocenters. The molecule has 0 aromatic heterocycles. The maximum absolute atomic E-state index is 13.0. The molecule has 2 aliphatic rings. The van der Waals surface area contributed by atoms with Crippen LogP contribution in [0.5, 0.6) is 0 Å². The predicted molar refractivity (Wildman–Crippen MR) is 99.6 cm³/mol. The van der Waals surface area contributed by atoms with Crippen molar-refractivity contribution in [1.82, 2.24) is 9.62 Å². The number of benzene rings is 1. The molecule has 0 spiro atoms. The molecule has 3 rings (SSSR count). The number of morpholine rings is 1. The van der Waals surface area contributed by atoms with E-state index in [1.54, 1.807) is 19.1 Å². The molecule has 0 radical (unpaired) electrons. The van der Waals surface area contributed by atoms with Crippen molar-refractivity contribution >= 4 is 15.9 Å². The number of hydrogen-bond donors (Lipinski definition) is 1. The molecular formula is C19H28N2O4S. The van der Waals surface area contributed by atoms with Gasteiger partial charge in [0, 0.05) is 24.7 Å². The van der Waals surface area contributed by atoms with Crippen LogP contribution in [0.15, 0.2) is 23.1 Å². The molecule has 1 saturated heterocycles. The predicted octanol–water partition coefficient (Wildman–Crippen LogP) is 2.32. The van der Waals surface area contributed by atoms with Gasteiger partial charge in [0.15, 0.2) is 0 Å². The minimum atomic E-state index is -3.62. The molecule has 1 saturated carbocycles. The monoisotopic (exact) mass is 380 g/mol. The Balaban J connectivity index is 1.81. The third-order valence-corrected chi connectivity index (χ3v) is 7.51. The second kappa shape index (κ2) is 8.06. The number of hydrogen-bond acceptors (Lipinski definition) is 4. The fraction of sp³-hybridized carbons (Fsp3) is 0.632. The summed E-state index contributed by atoms with van der Waals surface area (Å²) in [6.07, 6.45) is 4.44. The van der Waals surface area contributed by atoms with Gasteiger partial charge in [0.25, 0.3) is 5.91 Å². The molecule has 2 fully saturated rings. The minimum Gasteiger partial charge on any atom is -0.379 e. The molecule has 1 aliphatic heterocycles. The van der Waals surface area contributed by atoms with Crippen LogP contribution in [-0.4, -0.2) is 51.0 Å². The Bertz CT molecular complexity index is 757. The van der Waals surface area contributed by atoms with Gasteiger partial charge in [-0.05, 0) is 43.4 Å². The van der Waals surface area contributed by atoms with Crippen molar-refractivity contribution in [3.8, 4) is 0 Å². The molecule has 0 bridgehead atoms. The van der Waals surface area contributed by atoms with Crippen molar-refractivity contribution in [2.45, 2.75) is 50.5 Å². The van der Waals surface area contributed by atoms with E-state index < -0.39 is 10.0 Å². The van der Waals surface area contributed by atoms with Gasteiger partial charge in [-0.25, -0.2) is 8.42 Å². The number of carbonyl (C=O) groups is 1. The zero-order valence-corrected chi connectivity index (χ0v) is 16.3. The Morgan fingerprint density at radius 3 is 2.58 bits per heavy atom. The fourth-order valence-corrected chi connectivity index (χ4v) is 5.39. The number of ether oxygens (including phenoxy) is 1. The van der Waals surface area contributed by atoms with E-state index in [0.717, 1.165) is 19.3 Å². The molecule has 1 aliphatic carbocycles. The zero-order chi connectivity index (χ0) is 18.7. The Labute approximate surface area is 156 Å². The summed E-state index contributed by atoms with van der Waals surface area (Å²) >= 11 is 0. The van der Waals surface area contributed by atoms with Crippen LogP contribution in [0.1, 0.15) is 48.5 Å². The van der Waals surface area contributed by atoms with E-state index in [-0.39, 0.29) is 16.8 Å². The quantitative estimate of drug-likeness (QED) is 0.870. The van der Waals surface area contributed by atoms with Crippen LogP contribution >= 0.6 is 0 Å². The average Bonchev–Trinajstić information content (AvgIpc) is 2.64. The van der Waals surface area contributed by atoms with Gasteiger partial charge in [0.05, 0.1) is 18.1 Å². The SMILES string of the molecule is Cc1ccc(C(=O)N[C@@H]2CCCC[C@@H]2C)cc1S(=O)(=O)N1CCOCC1. The summed E-state index contributed by atoms with van der Waals surface area (Å²) in [6, 6.07) is 5.10. The lowest BCUT2D eigenvalue weighted by molar-refractivity contribution is 0.0730. The number of nitrogens with one attached hydrogen (secondary N) is 1. The van der Waals surface area contributed by atoms with Gasteiger partial charge in [-0.1, -0.05) is 25.8 Å². The van der Waals surface area contributed by atoms with E-state index in [9.17, 15) is 13.2 Å². The molecule has 2 atom stereocenters. The van der Waals surface area contributed by atoms with Gasteiger partial charge >= 0.3 is 0 Å². The van der Waals surface area contributed by atoms with Crippen molar-refractivity contribution in [2.24, 2.45) is 5.92 Å². The standard InChI is InChI=1S/C19H28N2O4S/c1-14-5-3-4-6-17(14)20-19(22)16-8-7-15(2)18(13-16)26(23,24)21-9-11-25-12-10-21/h7-8,13-14,17H,3-6,9-12H2,1-2H3,(H,20,22)/t14-,17+/m0/s1. The Morgan fingerprint density at radius 2 is 1.88 bits per heavy atom. The molecular weight excluding hydrogens is 352 g/mol. The average molecular weight is 381 g/mol. The van der Waals surface area contributed by atoms with Crippen LogP contribution in [0.2, 0.25) is 0 Å². The van der Waals surface area contributed by atoms with Crippen molar-refractivity contribution in [3.05, 3.63) is 29.3 Å².